The van der Waals surface area contributed by atoms with Gasteiger partial charge in [0.05, 0.1) is 17.4 Å². The first-order chi connectivity index (χ1) is 12.2. The van der Waals surface area contributed by atoms with E-state index in [-0.39, 0.29) is 5.91 Å². The molecule has 0 radical (unpaired) electrons. The van der Waals surface area contributed by atoms with E-state index in [0.717, 1.165) is 18.6 Å². The van der Waals surface area contributed by atoms with E-state index in [2.05, 4.69) is 22.0 Å². The molecule has 3 rings (SSSR count). The molecule has 6 nitrogen and oxygen atoms in total. The number of rotatable bonds is 5. The molecule has 25 heavy (non-hydrogen) atoms. The Morgan fingerprint density at radius 3 is 2.56 bits per heavy atom. The number of hydrogen-bond acceptors (Lipinski definition) is 4. The lowest BCUT2D eigenvalue weighted by molar-refractivity contribution is -0.119. The van der Waals surface area contributed by atoms with E-state index in [4.69, 9.17) is 0 Å². The van der Waals surface area contributed by atoms with E-state index >= 15 is 0 Å². The summed E-state index contributed by atoms with van der Waals surface area (Å²) < 4.78 is 0. The SMILES string of the molecule is CN(Cc1ccccc1)c1cncc(C(=O)N2CCN(C=O)CC2)c1. The first-order valence-corrected chi connectivity index (χ1v) is 8.36. The van der Waals surface area contributed by atoms with Crippen LogP contribution in [0.25, 0.3) is 0 Å². The molecule has 0 spiro atoms. The van der Waals surface area contributed by atoms with Crippen LogP contribution in [0.4, 0.5) is 5.69 Å². The molecule has 1 saturated heterocycles. The molecule has 6 heteroatoms. The number of nitrogens with zero attached hydrogens (tertiary/aromatic N) is 4. The fourth-order valence-corrected chi connectivity index (χ4v) is 2.92. The fourth-order valence-electron chi connectivity index (χ4n) is 2.92. The van der Waals surface area contributed by atoms with Crippen molar-refractivity contribution < 1.29 is 9.59 Å². The van der Waals surface area contributed by atoms with Gasteiger partial charge in [-0.25, -0.2) is 0 Å². The molecule has 0 atom stereocenters. The van der Waals surface area contributed by atoms with Gasteiger partial charge < -0.3 is 14.7 Å². The molecule has 0 aliphatic carbocycles. The quantitative estimate of drug-likeness (QED) is 0.778. The van der Waals surface area contributed by atoms with Gasteiger partial charge in [0.25, 0.3) is 5.91 Å². The van der Waals surface area contributed by atoms with Crippen LogP contribution in [-0.2, 0) is 11.3 Å². The number of carbonyl (C=O) groups excluding carboxylic acids is 2. The minimum absolute atomic E-state index is 0.0342. The van der Waals surface area contributed by atoms with Crippen LogP contribution in [0.5, 0.6) is 0 Å². The Labute approximate surface area is 147 Å². The fraction of sp³-hybridized carbons (Fsp3) is 0.316. The number of carbonyl (C=O) groups is 2. The molecule has 0 N–H and O–H groups in total. The van der Waals surface area contributed by atoms with Gasteiger partial charge in [0.1, 0.15) is 0 Å². The standard InChI is InChI=1S/C19H22N4O2/c1-21(14-16-5-3-2-4-6-16)18-11-17(12-20-13-18)19(25)23-9-7-22(15-24)8-10-23/h2-6,11-13,15H,7-10,14H2,1H3. The van der Waals surface area contributed by atoms with Crippen LogP contribution < -0.4 is 4.90 Å². The molecule has 130 valence electrons. The molecular weight excluding hydrogens is 316 g/mol. The minimum atomic E-state index is -0.0342. The predicted octanol–water partition coefficient (Wildman–Crippen LogP) is 1.63. The Balaban J connectivity index is 1.68. The molecule has 2 aromatic rings. The number of piperazine rings is 1. The third kappa shape index (κ3) is 4.15. The van der Waals surface area contributed by atoms with Gasteiger partial charge in [0, 0.05) is 46.0 Å². The van der Waals surface area contributed by atoms with Crippen molar-refractivity contribution in [2.75, 3.05) is 38.1 Å². The summed E-state index contributed by atoms with van der Waals surface area (Å²) in [6.45, 7) is 3.02. The summed E-state index contributed by atoms with van der Waals surface area (Å²) in [4.78, 5) is 33.2. The first-order valence-electron chi connectivity index (χ1n) is 8.36. The zero-order valence-electron chi connectivity index (χ0n) is 14.3. The largest absolute Gasteiger partial charge is 0.369 e. The topological polar surface area (TPSA) is 56.8 Å². The average Bonchev–Trinajstić information content (AvgIpc) is 2.68. The number of benzene rings is 1. The van der Waals surface area contributed by atoms with Crippen molar-refractivity contribution in [3.05, 3.63) is 59.9 Å². The molecule has 0 saturated carbocycles. The van der Waals surface area contributed by atoms with Crippen molar-refractivity contribution in [2.24, 2.45) is 0 Å². The van der Waals surface area contributed by atoms with Crippen molar-refractivity contribution in [3.8, 4) is 0 Å². The van der Waals surface area contributed by atoms with Gasteiger partial charge in [-0.1, -0.05) is 30.3 Å². The first kappa shape index (κ1) is 17.0. The number of amides is 2. The lowest BCUT2D eigenvalue weighted by Gasteiger charge is -2.32. The summed E-state index contributed by atoms with van der Waals surface area (Å²) in [7, 11) is 1.99. The summed E-state index contributed by atoms with van der Waals surface area (Å²) >= 11 is 0. The second kappa shape index (κ2) is 7.79. The van der Waals surface area contributed by atoms with E-state index < -0.39 is 0 Å². The van der Waals surface area contributed by atoms with Gasteiger partial charge in [-0.15, -0.1) is 0 Å². The highest BCUT2D eigenvalue weighted by molar-refractivity contribution is 5.94. The van der Waals surface area contributed by atoms with Crippen LogP contribution in [0.2, 0.25) is 0 Å². The van der Waals surface area contributed by atoms with Crippen LogP contribution in [0, 0.1) is 0 Å². The van der Waals surface area contributed by atoms with Gasteiger partial charge in [-0.3, -0.25) is 14.6 Å². The van der Waals surface area contributed by atoms with Crippen LogP contribution in [0.3, 0.4) is 0 Å². The molecule has 0 unspecified atom stereocenters. The normalized spacial score (nSPS) is 14.3. The van der Waals surface area contributed by atoms with Crippen molar-refractivity contribution in [1.29, 1.82) is 0 Å². The Kier molecular flexibility index (Phi) is 5.28. The van der Waals surface area contributed by atoms with E-state index in [1.165, 1.54) is 5.56 Å². The molecule has 0 bridgehead atoms. The zero-order valence-corrected chi connectivity index (χ0v) is 14.3. The highest BCUT2D eigenvalue weighted by Gasteiger charge is 2.22. The molecule has 1 aliphatic rings. The van der Waals surface area contributed by atoms with Crippen molar-refractivity contribution in [2.45, 2.75) is 6.54 Å². The highest BCUT2D eigenvalue weighted by Crippen LogP contribution is 2.17. The Hall–Kier alpha value is -2.89. The summed E-state index contributed by atoms with van der Waals surface area (Å²) in [5.41, 5.74) is 2.69. The molecule has 1 fully saturated rings. The molecule has 2 heterocycles. The molecule has 1 aromatic heterocycles. The van der Waals surface area contributed by atoms with E-state index in [0.29, 0.717) is 31.7 Å². The molecule has 1 aliphatic heterocycles. The predicted molar refractivity (Wildman–Crippen MR) is 96.3 cm³/mol. The van der Waals surface area contributed by atoms with Crippen molar-refractivity contribution in [1.82, 2.24) is 14.8 Å². The maximum absolute atomic E-state index is 12.7. The molecular formula is C19H22N4O2. The van der Waals surface area contributed by atoms with E-state index in [1.807, 2.05) is 31.3 Å². The van der Waals surface area contributed by atoms with Gasteiger partial charge in [-0.2, -0.15) is 0 Å². The van der Waals surface area contributed by atoms with E-state index in [1.54, 1.807) is 22.2 Å². The number of hydrogen-bond donors (Lipinski definition) is 0. The van der Waals surface area contributed by atoms with E-state index in [9.17, 15) is 9.59 Å². The van der Waals surface area contributed by atoms with Crippen LogP contribution >= 0.6 is 0 Å². The lowest BCUT2D eigenvalue weighted by Crippen LogP contribution is -2.48. The third-order valence-corrected chi connectivity index (χ3v) is 4.42. The van der Waals surface area contributed by atoms with Gasteiger partial charge in [0.2, 0.25) is 6.41 Å². The smallest absolute Gasteiger partial charge is 0.255 e. The number of aromatic nitrogens is 1. The molecule has 2 amide bonds. The van der Waals surface area contributed by atoms with Gasteiger partial charge in [-0.05, 0) is 11.6 Å². The lowest BCUT2D eigenvalue weighted by atomic mass is 10.2. The Bertz CT molecular complexity index is 727. The molecule has 1 aromatic carbocycles. The second-order valence-corrected chi connectivity index (χ2v) is 6.21. The third-order valence-electron chi connectivity index (χ3n) is 4.42. The second-order valence-electron chi connectivity index (χ2n) is 6.21. The highest BCUT2D eigenvalue weighted by atomic mass is 16.2. The summed E-state index contributed by atoms with van der Waals surface area (Å²) in [6, 6.07) is 12.1. The average molecular weight is 338 g/mol. The van der Waals surface area contributed by atoms with Gasteiger partial charge >= 0.3 is 0 Å². The Morgan fingerprint density at radius 2 is 1.88 bits per heavy atom. The zero-order chi connectivity index (χ0) is 17.6. The van der Waals surface area contributed by atoms with Crippen molar-refractivity contribution >= 4 is 18.0 Å². The summed E-state index contributed by atoms with van der Waals surface area (Å²) in [5, 5.41) is 0. The maximum atomic E-state index is 12.7. The summed E-state index contributed by atoms with van der Waals surface area (Å²) in [5.74, 6) is -0.0342. The van der Waals surface area contributed by atoms with Crippen LogP contribution in [-0.4, -0.2) is 60.3 Å². The maximum Gasteiger partial charge on any atom is 0.255 e. The minimum Gasteiger partial charge on any atom is -0.369 e. The summed E-state index contributed by atoms with van der Waals surface area (Å²) in [6.07, 6.45) is 4.21. The monoisotopic (exact) mass is 338 g/mol. The number of anilines is 1. The van der Waals surface area contributed by atoms with Crippen LogP contribution in [0.1, 0.15) is 15.9 Å². The van der Waals surface area contributed by atoms with Crippen molar-refractivity contribution in [3.63, 3.8) is 0 Å². The van der Waals surface area contributed by atoms with Crippen LogP contribution in [0.15, 0.2) is 48.8 Å². The van der Waals surface area contributed by atoms with Gasteiger partial charge in [0.15, 0.2) is 0 Å². The Morgan fingerprint density at radius 1 is 1.16 bits per heavy atom. The number of pyridine rings is 1.